The molecule has 12 aromatic rings. The Bertz CT molecular complexity index is 3810. The van der Waals surface area contributed by atoms with E-state index >= 15 is 0 Å². The largest absolute Gasteiger partial charge is 0.456 e. The first-order valence-corrected chi connectivity index (χ1v) is 21.4. The molecule has 3 aromatic heterocycles. The minimum Gasteiger partial charge on any atom is -0.456 e. The lowest BCUT2D eigenvalue weighted by molar-refractivity contribution is 0.669. The smallest absolute Gasteiger partial charge is 0.238 e. The molecule has 0 fully saturated rings. The fraction of sp³-hybridized carbons (Fsp3) is 0.0172. The van der Waals surface area contributed by atoms with Gasteiger partial charge in [0.1, 0.15) is 11.2 Å². The summed E-state index contributed by atoms with van der Waals surface area (Å²) in [4.78, 5) is 15.7. The van der Waals surface area contributed by atoms with Crippen LogP contribution in [0.4, 0.5) is 0 Å². The van der Waals surface area contributed by atoms with Crippen molar-refractivity contribution in [2.45, 2.75) is 5.41 Å². The second kappa shape index (κ2) is 12.8. The monoisotopic (exact) mass is 802 g/mol. The molecule has 0 unspecified atom stereocenters. The first-order valence-electron chi connectivity index (χ1n) is 21.4. The highest BCUT2D eigenvalue weighted by atomic mass is 16.3. The SMILES string of the molecule is c1ccc(-c2nc(-c3ccc4c(c3)oc3ccccc34)nc(-n3c4ccccc4c4ccc(-c5ccc6c(c5)C5(c7ccccc7-c7ccccc75)c5ccccc5-6)cc43)n2)cc1. The van der Waals surface area contributed by atoms with Crippen molar-refractivity contribution in [1.29, 1.82) is 0 Å². The molecule has 0 aliphatic heterocycles. The second-order valence-electron chi connectivity index (χ2n) is 16.7. The molecule has 0 radical (unpaired) electrons. The van der Waals surface area contributed by atoms with Crippen molar-refractivity contribution in [3.05, 3.63) is 229 Å². The fourth-order valence-corrected chi connectivity index (χ4v) is 10.8. The van der Waals surface area contributed by atoms with Crippen LogP contribution in [0.1, 0.15) is 22.3 Å². The van der Waals surface area contributed by atoms with Crippen LogP contribution in [0, 0.1) is 0 Å². The summed E-state index contributed by atoms with van der Waals surface area (Å²) < 4.78 is 8.55. The molecule has 5 nitrogen and oxygen atoms in total. The van der Waals surface area contributed by atoms with Crippen molar-refractivity contribution in [2.75, 3.05) is 0 Å². The van der Waals surface area contributed by atoms with Crippen LogP contribution >= 0.6 is 0 Å². The standard InChI is InChI=1S/C58H34N4O/c1-2-14-35(15-3-1)55-59-56(38-28-31-46-45-20-8-13-25-53(45)63-54(46)34-38)61-57(60-55)62-51-24-12-7-19-43(51)44-30-27-37(33-52(44)62)36-26-29-42-41-18-6-11-23-49(41)58(50(42)32-36)47-21-9-4-16-39(47)40-17-5-10-22-48(40)58/h1-34H. The summed E-state index contributed by atoms with van der Waals surface area (Å²) in [6, 6.07) is 73.9. The highest BCUT2D eigenvalue weighted by Crippen LogP contribution is 2.63. The van der Waals surface area contributed by atoms with Gasteiger partial charge in [0.05, 0.1) is 16.4 Å². The number of benzene rings is 9. The van der Waals surface area contributed by atoms with E-state index in [1.54, 1.807) is 0 Å². The maximum Gasteiger partial charge on any atom is 0.238 e. The maximum atomic E-state index is 6.34. The average Bonchev–Trinajstić information content (AvgIpc) is 4.07. The van der Waals surface area contributed by atoms with Gasteiger partial charge >= 0.3 is 0 Å². The molecule has 292 valence electrons. The van der Waals surface area contributed by atoms with E-state index in [4.69, 9.17) is 19.4 Å². The van der Waals surface area contributed by atoms with Gasteiger partial charge in [0.2, 0.25) is 5.95 Å². The zero-order valence-corrected chi connectivity index (χ0v) is 33.8. The molecule has 0 atom stereocenters. The van der Waals surface area contributed by atoms with Gasteiger partial charge in [-0.2, -0.15) is 9.97 Å². The van der Waals surface area contributed by atoms with Gasteiger partial charge in [0.25, 0.3) is 0 Å². The van der Waals surface area contributed by atoms with E-state index in [1.807, 2.05) is 42.5 Å². The van der Waals surface area contributed by atoms with E-state index in [1.165, 1.54) is 44.5 Å². The predicted octanol–water partition coefficient (Wildman–Crippen LogP) is 14.2. The molecule has 0 amide bonds. The molecule has 2 aliphatic carbocycles. The summed E-state index contributed by atoms with van der Waals surface area (Å²) in [5.74, 6) is 1.72. The van der Waals surface area contributed by atoms with E-state index in [-0.39, 0.29) is 0 Å². The molecule has 1 spiro atoms. The van der Waals surface area contributed by atoms with Crippen molar-refractivity contribution in [1.82, 2.24) is 19.5 Å². The van der Waals surface area contributed by atoms with Gasteiger partial charge in [-0.05, 0) is 92.0 Å². The molecular formula is C58H34N4O. The van der Waals surface area contributed by atoms with E-state index in [0.717, 1.165) is 66.0 Å². The third kappa shape index (κ3) is 4.73. The van der Waals surface area contributed by atoms with Crippen LogP contribution in [-0.2, 0) is 5.41 Å². The fourth-order valence-electron chi connectivity index (χ4n) is 10.8. The number of furan rings is 1. The third-order valence-corrected chi connectivity index (χ3v) is 13.5. The van der Waals surface area contributed by atoms with E-state index in [2.05, 4.69) is 168 Å². The van der Waals surface area contributed by atoms with Gasteiger partial charge in [-0.1, -0.05) is 170 Å². The molecule has 14 rings (SSSR count). The Morgan fingerprint density at radius 2 is 0.857 bits per heavy atom. The van der Waals surface area contributed by atoms with Crippen molar-refractivity contribution < 1.29 is 4.42 Å². The minimum atomic E-state index is -0.422. The number of hydrogen-bond acceptors (Lipinski definition) is 4. The number of aromatic nitrogens is 4. The van der Waals surface area contributed by atoms with Crippen molar-refractivity contribution in [3.63, 3.8) is 0 Å². The van der Waals surface area contributed by atoms with Gasteiger partial charge < -0.3 is 4.42 Å². The molecule has 9 aromatic carbocycles. The van der Waals surface area contributed by atoms with Crippen LogP contribution < -0.4 is 0 Å². The van der Waals surface area contributed by atoms with Gasteiger partial charge in [0.15, 0.2) is 11.6 Å². The molecule has 2 aliphatic rings. The Kier molecular flexibility index (Phi) is 6.97. The molecule has 3 heterocycles. The van der Waals surface area contributed by atoms with E-state index < -0.39 is 5.41 Å². The lowest BCUT2D eigenvalue weighted by Crippen LogP contribution is -2.25. The van der Waals surface area contributed by atoms with Gasteiger partial charge in [-0.3, -0.25) is 4.57 Å². The van der Waals surface area contributed by atoms with Crippen molar-refractivity contribution >= 4 is 43.7 Å². The van der Waals surface area contributed by atoms with Crippen LogP contribution in [0.5, 0.6) is 0 Å². The Morgan fingerprint density at radius 3 is 1.60 bits per heavy atom. The van der Waals surface area contributed by atoms with E-state index in [9.17, 15) is 0 Å². The first-order chi connectivity index (χ1) is 31.2. The van der Waals surface area contributed by atoms with Crippen LogP contribution in [-0.4, -0.2) is 19.5 Å². The zero-order valence-electron chi connectivity index (χ0n) is 33.8. The van der Waals surface area contributed by atoms with Crippen LogP contribution in [0.15, 0.2) is 211 Å². The number of rotatable bonds is 4. The molecule has 0 saturated carbocycles. The Hall–Kier alpha value is -8.41. The second-order valence-corrected chi connectivity index (χ2v) is 16.7. The van der Waals surface area contributed by atoms with Gasteiger partial charge in [-0.15, -0.1) is 0 Å². The summed E-state index contributed by atoms with van der Waals surface area (Å²) in [6.07, 6.45) is 0. The number of nitrogens with zero attached hydrogens (tertiary/aromatic N) is 4. The summed E-state index contributed by atoms with van der Waals surface area (Å²) >= 11 is 0. The van der Waals surface area contributed by atoms with Gasteiger partial charge in [-0.25, -0.2) is 4.98 Å². The lowest BCUT2D eigenvalue weighted by atomic mass is 9.70. The molecular weight excluding hydrogens is 769 g/mol. The van der Waals surface area contributed by atoms with Crippen LogP contribution in [0.3, 0.4) is 0 Å². The first kappa shape index (κ1) is 34.3. The number of fused-ring (bicyclic) bond motifs is 16. The maximum absolute atomic E-state index is 6.34. The Balaban J connectivity index is 0.988. The van der Waals surface area contributed by atoms with Gasteiger partial charge in [0, 0.05) is 32.7 Å². The summed E-state index contributed by atoms with van der Waals surface area (Å²) in [7, 11) is 0. The summed E-state index contributed by atoms with van der Waals surface area (Å²) in [5.41, 5.74) is 17.8. The lowest BCUT2D eigenvalue weighted by Gasteiger charge is -2.30. The predicted molar refractivity (Wildman–Crippen MR) is 254 cm³/mol. The average molecular weight is 803 g/mol. The molecule has 63 heavy (non-hydrogen) atoms. The van der Waals surface area contributed by atoms with Crippen molar-refractivity contribution in [2.24, 2.45) is 0 Å². The molecule has 5 heteroatoms. The number of para-hydroxylation sites is 2. The highest BCUT2D eigenvalue weighted by Gasteiger charge is 2.51. The zero-order chi connectivity index (χ0) is 41.2. The Labute approximate surface area is 362 Å². The normalized spacial score (nSPS) is 13.2. The topological polar surface area (TPSA) is 56.7 Å². The molecule has 0 bridgehead atoms. The van der Waals surface area contributed by atoms with Crippen LogP contribution in [0.25, 0.3) is 106 Å². The number of hydrogen-bond donors (Lipinski definition) is 0. The van der Waals surface area contributed by atoms with Crippen molar-refractivity contribution in [3.8, 4) is 62.1 Å². The summed E-state index contributed by atoms with van der Waals surface area (Å²) in [5, 5.41) is 4.41. The highest BCUT2D eigenvalue weighted by molar-refractivity contribution is 6.10. The molecule has 0 N–H and O–H groups in total. The third-order valence-electron chi connectivity index (χ3n) is 13.5. The van der Waals surface area contributed by atoms with Crippen LogP contribution in [0.2, 0.25) is 0 Å². The minimum absolute atomic E-state index is 0.422. The quantitative estimate of drug-likeness (QED) is 0.178. The Morgan fingerprint density at radius 1 is 0.333 bits per heavy atom. The molecule has 0 saturated heterocycles. The summed E-state index contributed by atoms with van der Waals surface area (Å²) in [6.45, 7) is 0. The van der Waals surface area contributed by atoms with E-state index in [0.29, 0.717) is 17.6 Å².